The van der Waals surface area contributed by atoms with Gasteiger partial charge in [0.1, 0.15) is 0 Å². The van der Waals surface area contributed by atoms with E-state index in [-0.39, 0.29) is 5.75 Å². The fourth-order valence-corrected chi connectivity index (χ4v) is 3.91. The van der Waals surface area contributed by atoms with Gasteiger partial charge in [0.15, 0.2) is 11.5 Å². The molecule has 1 aromatic rings. The number of hydrogen-bond donors (Lipinski definition) is 1. The molecule has 1 N–H and O–H groups in total. The summed E-state index contributed by atoms with van der Waals surface area (Å²) in [6.07, 6.45) is 7.06. The maximum absolute atomic E-state index is 9.86. The number of fused-ring (bicyclic) bond motifs is 1. The number of likely N-dealkylation sites (tertiary alicyclic amines) is 1. The van der Waals surface area contributed by atoms with Crippen LogP contribution in [-0.2, 0) is 6.54 Å². The molecule has 20 heavy (non-hydrogen) atoms. The predicted molar refractivity (Wildman–Crippen MR) is 80.0 cm³/mol. The smallest absolute Gasteiger partial charge is 0.160 e. The van der Waals surface area contributed by atoms with E-state index >= 15 is 0 Å². The van der Waals surface area contributed by atoms with Crippen molar-refractivity contribution in [2.45, 2.75) is 38.6 Å². The van der Waals surface area contributed by atoms with Gasteiger partial charge in [0.25, 0.3) is 0 Å². The summed E-state index contributed by atoms with van der Waals surface area (Å²) < 4.78 is 5.10. The minimum Gasteiger partial charge on any atom is -0.504 e. The molecule has 3 nitrogen and oxygen atoms in total. The molecule has 1 saturated heterocycles. The highest BCUT2D eigenvalue weighted by molar-refractivity contribution is 5.41. The van der Waals surface area contributed by atoms with Gasteiger partial charge in [-0.3, -0.25) is 4.90 Å². The van der Waals surface area contributed by atoms with Gasteiger partial charge in [-0.15, -0.1) is 0 Å². The number of methoxy groups -OCH3 is 1. The van der Waals surface area contributed by atoms with Crippen LogP contribution in [0, 0.1) is 11.8 Å². The van der Waals surface area contributed by atoms with Crippen molar-refractivity contribution in [3.63, 3.8) is 0 Å². The van der Waals surface area contributed by atoms with E-state index < -0.39 is 0 Å². The third-order valence-corrected chi connectivity index (χ3v) is 5.02. The first kappa shape index (κ1) is 13.7. The first-order valence-corrected chi connectivity index (χ1v) is 7.84. The maximum atomic E-state index is 9.86. The highest BCUT2D eigenvalue weighted by Crippen LogP contribution is 2.36. The second-order valence-electron chi connectivity index (χ2n) is 6.33. The number of hydrogen-bond acceptors (Lipinski definition) is 3. The molecule has 0 radical (unpaired) electrons. The standard InChI is InChI=1S/C17H25NO2/c1-20-17-7-6-13(10-16(17)19)11-18-9-8-14-4-2-3-5-15(14)12-18/h6-7,10,14-15,19H,2-5,8-9,11-12H2,1H3. The van der Waals surface area contributed by atoms with Crippen molar-refractivity contribution in [1.29, 1.82) is 0 Å². The SMILES string of the molecule is COc1ccc(CN2CCC3CCCCC3C2)cc1O. The Morgan fingerprint density at radius 2 is 2.00 bits per heavy atom. The first-order chi connectivity index (χ1) is 9.76. The number of nitrogens with zero attached hydrogens (tertiary/aromatic N) is 1. The van der Waals surface area contributed by atoms with Gasteiger partial charge in [0, 0.05) is 13.1 Å². The van der Waals surface area contributed by atoms with Crippen molar-refractivity contribution in [3.05, 3.63) is 23.8 Å². The van der Waals surface area contributed by atoms with Crippen LogP contribution in [0.25, 0.3) is 0 Å². The zero-order valence-electron chi connectivity index (χ0n) is 12.3. The Morgan fingerprint density at radius 1 is 1.20 bits per heavy atom. The number of phenols is 1. The first-order valence-electron chi connectivity index (χ1n) is 7.84. The normalized spacial score (nSPS) is 27.1. The second-order valence-corrected chi connectivity index (χ2v) is 6.33. The number of ether oxygens (including phenoxy) is 1. The molecule has 3 heteroatoms. The molecule has 2 aliphatic rings. The van der Waals surface area contributed by atoms with Gasteiger partial charge in [0.2, 0.25) is 0 Å². The lowest BCUT2D eigenvalue weighted by atomic mass is 9.75. The zero-order chi connectivity index (χ0) is 13.9. The summed E-state index contributed by atoms with van der Waals surface area (Å²) in [5.41, 5.74) is 1.18. The van der Waals surface area contributed by atoms with Gasteiger partial charge in [-0.1, -0.05) is 25.3 Å². The summed E-state index contributed by atoms with van der Waals surface area (Å²) in [5, 5.41) is 9.86. The fraction of sp³-hybridized carbons (Fsp3) is 0.647. The Labute approximate surface area is 121 Å². The van der Waals surface area contributed by atoms with Crippen LogP contribution in [0.15, 0.2) is 18.2 Å². The van der Waals surface area contributed by atoms with Crippen LogP contribution < -0.4 is 4.74 Å². The van der Waals surface area contributed by atoms with E-state index in [2.05, 4.69) is 11.0 Å². The third-order valence-electron chi connectivity index (χ3n) is 5.02. The molecule has 1 saturated carbocycles. The average molecular weight is 275 g/mol. The Morgan fingerprint density at radius 3 is 2.75 bits per heavy atom. The van der Waals surface area contributed by atoms with Crippen LogP contribution >= 0.6 is 0 Å². The molecule has 1 aliphatic carbocycles. The van der Waals surface area contributed by atoms with E-state index in [1.54, 1.807) is 7.11 Å². The monoisotopic (exact) mass is 275 g/mol. The van der Waals surface area contributed by atoms with E-state index in [0.29, 0.717) is 5.75 Å². The van der Waals surface area contributed by atoms with Crippen LogP contribution in [0.4, 0.5) is 0 Å². The Kier molecular flexibility index (Phi) is 4.16. The number of piperidine rings is 1. The molecular formula is C17H25NO2. The van der Waals surface area contributed by atoms with E-state index in [1.165, 1.54) is 50.8 Å². The average Bonchev–Trinajstić information content (AvgIpc) is 2.47. The van der Waals surface area contributed by atoms with Gasteiger partial charge in [0.05, 0.1) is 7.11 Å². The number of benzene rings is 1. The van der Waals surface area contributed by atoms with Crippen molar-refractivity contribution in [2.75, 3.05) is 20.2 Å². The number of rotatable bonds is 3. The van der Waals surface area contributed by atoms with E-state index in [4.69, 9.17) is 4.74 Å². The second kappa shape index (κ2) is 6.04. The minimum atomic E-state index is 0.248. The lowest BCUT2D eigenvalue weighted by Gasteiger charge is -2.41. The van der Waals surface area contributed by atoms with Crippen molar-refractivity contribution < 1.29 is 9.84 Å². The summed E-state index contributed by atoms with van der Waals surface area (Å²) in [4.78, 5) is 2.55. The third kappa shape index (κ3) is 2.93. The Bertz CT molecular complexity index is 460. The summed E-state index contributed by atoms with van der Waals surface area (Å²) in [7, 11) is 1.59. The van der Waals surface area contributed by atoms with E-state index in [1.807, 2.05) is 12.1 Å². The van der Waals surface area contributed by atoms with Gasteiger partial charge < -0.3 is 9.84 Å². The number of aromatic hydroxyl groups is 1. The largest absolute Gasteiger partial charge is 0.504 e. The summed E-state index contributed by atoms with van der Waals surface area (Å²) in [5.74, 6) is 2.69. The highest BCUT2D eigenvalue weighted by atomic mass is 16.5. The summed E-state index contributed by atoms with van der Waals surface area (Å²) in [6.45, 7) is 3.38. The lowest BCUT2D eigenvalue weighted by molar-refractivity contribution is 0.0820. The van der Waals surface area contributed by atoms with Gasteiger partial charge in [-0.05, 0) is 48.9 Å². The Hall–Kier alpha value is -1.22. The van der Waals surface area contributed by atoms with Gasteiger partial charge in [-0.25, -0.2) is 0 Å². The van der Waals surface area contributed by atoms with Gasteiger partial charge in [-0.2, -0.15) is 0 Å². The van der Waals surface area contributed by atoms with Crippen LogP contribution in [0.1, 0.15) is 37.7 Å². The molecule has 110 valence electrons. The molecular weight excluding hydrogens is 250 g/mol. The zero-order valence-corrected chi connectivity index (χ0v) is 12.3. The lowest BCUT2D eigenvalue weighted by Crippen LogP contribution is -2.41. The molecule has 3 rings (SSSR count). The topological polar surface area (TPSA) is 32.7 Å². The van der Waals surface area contributed by atoms with E-state index in [0.717, 1.165) is 18.4 Å². The van der Waals surface area contributed by atoms with E-state index in [9.17, 15) is 5.11 Å². The van der Waals surface area contributed by atoms with Crippen LogP contribution in [0.2, 0.25) is 0 Å². The number of phenolic OH excluding ortho intramolecular Hbond substituents is 1. The van der Waals surface area contributed by atoms with Crippen LogP contribution in [0.5, 0.6) is 11.5 Å². The van der Waals surface area contributed by atoms with Crippen molar-refractivity contribution in [1.82, 2.24) is 4.90 Å². The molecule has 1 heterocycles. The summed E-state index contributed by atoms with van der Waals surface area (Å²) >= 11 is 0. The summed E-state index contributed by atoms with van der Waals surface area (Å²) in [6, 6.07) is 5.76. The van der Waals surface area contributed by atoms with Crippen LogP contribution in [-0.4, -0.2) is 30.2 Å². The quantitative estimate of drug-likeness (QED) is 0.917. The van der Waals surface area contributed by atoms with Crippen LogP contribution in [0.3, 0.4) is 0 Å². The minimum absolute atomic E-state index is 0.248. The maximum Gasteiger partial charge on any atom is 0.160 e. The van der Waals surface area contributed by atoms with Gasteiger partial charge >= 0.3 is 0 Å². The molecule has 2 unspecified atom stereocenters. The molecule has 0 amide bonds. The molecule has 0 spiro atoms. The highest BCUT2D eigenvalue weighted by Gasteiger charge is 2.30. The predicted octanol–water partition coefficient (Wildman–Crippen LogP) is 3.41. The molecule has 0 bridgehead atoms. The van der Waals surface area contributed by atoms with Crippen molar-refractivity contribution in [2.24, 2.45) is 11.8 Å². The Balaban J connectivity index is 1.62. The molecule has 2 fully saturated rings. The molecule has 1 aromatic carbocycles. The van der Waals surface area contributed by atoms with Crippen molar-refractivity contribution >= 4 is 0 Å². The molecule has 0 aromatic heterocycles. The molecule has 2 atom stereocenters. The molecule has 1 aliphatic heterocycles. The fourth-order valence-electron chi connectivity index (χ4n) is 3.91. The van der Waals surface area contributed by atoms with Crippen molar-refractivity contribution in [3.8, 4) is 11.5 Å².